The molecule has 20 nitrogen and oxygen atoms in total. The van der Waals surface area contributed by atoms with Crippen LogP contribution < -0.4 is 41.9 Å². The molecule has 0 fully saturated rings. The van der Waals surface area contributed by atoms with E-state index >= 15 is 0 Å². The van der Waals surface area contributed by atoms with Crippen LogP contribution in [-0.2, 0) is 32.7 Å². The van der Waals surface area contributed by atoms with Gasteiger partial charge in [-0.05, 0) is 80.4 Å². The summed E-state index contributed by atoms with van der Waals surface area (Å²) >= 11 is 0. The zero-order valence-electron chi connectivity index (χ0n) is 37.3. The molecule has 0 spiro atoms. The number of pyridine rings is 1. The van der Waals surface area contributed by atoms with E-state index in [1.807, 2.05) is 28.8 Å². The van der Waals surface area contributed by atoms with Crippen molar-refractivity contribution in [3.63, 3.8) is 0 Å². The molecule has 4 aromatic carbocycles. The number of anilines is 2. The van der Waals surface area contributed by atoms with Crippen molar-refractivity contribution < 1.29 is 46.2 Å². The van der Waals surface area contributed by atoms with Crippen LogP contribution in [0.3, 0.4) is 0 Å². The number of amides is 3. The fourth-order valence-electron chi connectivity index (χ4n) is 7.54. The van der Waals surface area contributed by atoms with Gasteiger partial charge in [0, 0.05) is 48.5 Å². The summed E-state index contributed by atoms with van der Waals surface area (Å²) in [6, 6.07) is 23.5. The van der Waals surface area contributed by atoms with Crippen LogP contribution in [0.5, 0.6) is 5.75 Å². The number of aromatic amines is 1. The number of rotatable bonds is 19. The number of fused-ring (bicyclic) bond motifs is 3. The number of aryl methyl sites for hydroxylation is 3. The summed E-state index contributed by atoms with van der Waals surface area (Å²) in [4.78, 5) is 79.6. The summed E-state index contributed by atoms with van der Waals surface area (Å²) in [6.45, 7) is 6.22. The van der Waals surface area contributed by atoms with Crippen LogP contribution in [0.4, 0.5) is 11.6 Å². The van der Waals surface area contributed by atoms with Crippen molar-refractivity contribution >= 4 is 78.4 Å². The van der Waals surface area contributed by atoms with Crippen molar-refractivity contribution in [1.29, 1.82) is 0 Å². The van der Waals surface area contributed by atoms with Crippen LogP contribution in [0, 0.1) is 13.8 Å². The van der Waals surface area contributed by atoms with Gasteiger partial charge in [-0.3, -0.25) is 28.7 Å². The predicted molar refractivity (Wildman–Crippen MR) is 253 cm³/mol. The molecular formula is C47H49N10O10S+. The molecule has 0 aliphatic carbocycles. The maximum atomic E-state index is 14.0. The molecule has 0 saturated carbocycles. The molecule has 0 saturated heterocycles. The van der Waals surface area contributed by atoms with Crippen molar-refractivity contribution in [3.8, 4) is 5.75 Å². The van der Waals surface area contributed by atoms with Crippen LogP contribution in [0.25, 0.3) is 33.0 Å². The number of esters is 1. The molecule has 7 rings (SSSR count). The molecule has 21 heteroatoms. The average Bonchev–Trinajstić information content (AvgIpc) is 3.31. The molecule has 68 heavy (non-hydrogen) atoms. The molecule has 0 bridgehead atoms. The first-order valence-corrected chi connectivity index (χ1v) is 23.1. The third-order valence-corrected chi connectivity index (χ3v) is 11.6. The lowest BCUT2D eigenvalue weighted by Crippen LogP contribution is -2.45. The first-order chi connectivity index (χ1) is 32.6. The Morgan fingerprint density at radius 2 is 1.49 bits per heavy atom. The van der Waals surface area contributed by atoms with E-state index < -0.39 is 45.3 Å². The van der Waals surface area contributed by atoms with Gasteiger partial charge < -0.3 is 36.5 Å². The van der Waals surface area contributed by atoms with E-state index in [2.05, 4.69) is 41.2 Å². The molecule has 3 amide bonds. The van der Waals surface area contributed by atoms with E-state index in [0.29, 0.717) is 66.8 Å². The average molecular weight is 946 g/mol. The monoisotopic (exact) mass is 945 g/mol. The number of hydrogen-bond acceptors (Lipinski definition) is 14. The third kappa shape index (κ3) is 11.7. The number of nitrogens with two attached hydrogens (primary N) is 1. The second-order valence-electron chi connectivity index (χ2n) is 15.8. The summed E-state index contributed by atoms with van der Waals surface area (Å²) in [6.07, 6.45) is 1.64. The Morgan fingerprint density at radius 3 is 2.13 bits per heavy atom. The smallest absolute Gasteiger partial charge is 0.345 e. The van der Waals surface area contributed by atoms with Crippen LogP contribution in [-0.4, -0.2) is 94.7 Å². The number of H-pyrrole nitrogens is 1. The maximum absolute atomic E-state index is 14.0. The highest BCUT2D eigenvalue weighted by Gasteiger charge is 2.27. The number of aromatic nitrogens is 5. The molecule has 1 atom stereocenters. The summed E-state index contributed by atoms with van der Waals surface area (Å²) in [5, 5.41) is 12.5. The summed E-state index contributed by atoms with van der Waals surface area (Å²) in [5.41, 5.74) is 9.96. The number of carbonyl (C=O) groups is 4. The van der Waals surface area contributed by atoms with Crippen molar-refractivity contribution in [2.75, 3.05) is 43.1 Å². The first-order valence-electron chi connectivity index (χ1n) is 21.5. The third-order valence-electron chi connectivity index (χ3n) is 10.8. The minimum absolute atomic E-state index is 0.0502. The van der Waals surface area contributed by atoms with Crippen molar-refractivity contribution in [3.05, 3.63) is 135 Å². The van der Waals surface area contributed by atoms with Crippen molar-refractivity contribution in [2.24, 2.45) is 0 Å². The highest BCUT2D eigenvalue weighted by Crippen LogP contribution is 2.30. The molecule has 352 valence electrons. The minimum Gasteiger partial charge on any atom is -0.422 e. The van der Waals surface area contributed by atoms with E-state index in [0.717, 1.165) is 0 Å². The topological polar surface area (TPSA) is 291 Å². The summed E-state index contributed by atoms with van der Waals surface area (Å²) < 4.78 is 45.7. The molecule has 3 aromatic heterocycles. The van der Waals surface area contributed by atoms with Gasteiger partial charge in [-0.15, -0.1) is 0 Å². The lowest BCUT2D eigenvalue weighted by molar-refractivity contribution is -0.645. The maximum Gasteiger partial charge on any atom is 0.345 e. The fourth-order valence-corrected chi connectivity index (χ4v) is 8.04. The number of hydrogen-bond donors (Lipinski definition) is 7. The van der Waals surface area contributed by atoms with Crippen LogP contribution in [0.15, 0.2) is 95.9 Å². The quantitative estimate of drug-likeness (QED) is 0.0153. The summed E-state index contributed by atoms with van der Waals surface area (Å²) in [5.74, 6) is -1.97. The van der Waals surface area contributed by atoms with Crippen molar-refractivity contribution in [2.45, 2.75) is 46.3 Å². The normalized spacial score (nSPS) is 11.9. The van der Waals surface area contributed by atoms with Gasteiger partial charge in [-0.2, -0.15) is 18.0 Å². The number of para-hydroxylation sites is 2. The number of carbonyl (C=O) groups excluding carboxylic acids is 4. The standard InChI is InChI=1S/C47H48N10O10S/c1-27-23-31(24-28(2)40(27)67-46(62)38-34-9-4-6-11-36(34)57(19-8-22-68(63,64)65)37-12-7-5-10-35(37)38)43(59)50-18-21-66-20-17-49-42(58)29(3)53-44(60)30-13-15-32(16-14-30)51-25-33-26-52-41-39(54-33)45(61)56-47(48)55-41/h4-7,9-16,23-24,26,29H,8,17-22,25H2,1-3H3,(H7-,48,49,50,51,52,53,55,56,58,59,60,61,63,64,65)/p+1. The SMILES string of the molecule is Cc1cc(C(=O)NCCOCCNC(=O)C(C)NC(=O)c2ccc(NCc3cnc4nc(N)[nH]c(=O)c4n3)cc2)cc(C)c1OC(=O)c1c2ccccc2[n+](CCCS(=O)(=O)O)c2ccccc12. The lowest BCUT2D eigenvalue weighted by Gasteiger charge is -2.15. The molecule has 3 heterocycles. The van der Waals surface area contributed by atoms with E-state index in [9.17, 15) is 36.9 Å². The van der Waals surface area contributed by atoms with Gasteiger partial charge in [0.05, 0.1) is 53.7 Å². The number of benzene rings is 4. The van der Waals surface area contributed by atoms with E-state index in [1.165, 1.54) is 6.20 Å². The van der Waals surface area contributed by atoms with Gasteiger partial charge >= 0.3 is 5.97 Å². The van der Waals surface area contributed by atoms with Gasteiger partial charge in [0.2, 0.25) is 22.9 Å². The predicted octanol–water partition coefficient (Wildman–Crippen LogP) is 3.30. The molecule has 0 radical (unpaired) electrons. The second kappa shape index (κ2) is 21.2. The van der Waals surface area contributed by atoms with Gasteiger partial charge in [-0.1, -0.05) is 24.3 Å². The highest BCUT2D eigenvalue weighted by molar-refractivity contribution is 7.85. The van der Waals surface area contributed by atoms with Gasteiger partial charge in [0.15, 0.2) is 17.7 Å². The van der Waals surface area contributed by atoms with E-state index in [1.54, 1.807) is 81.4 Å². The fraction of sp³-hybridized carbons (Fsp3) is 0.255. The molecule has 1 unspecified atom stereocenters. The van der Waals surface area contributed by atoms with Crippen molar-refractivity contribution in [1.82, 2.24) is 35.9 Å². The molecule has 7 aromatic rings. The van der Waals surface area contributed by atoms with Gasteiger partial charge in [-0.25, -0.2) is 14.8 Å². The van der Waals surface area contributed by atoms with Crippen LogP contribution in [0.1, 0.15) is 61.2 Å². The summed E-state index contributed by atoms with van der Waals surface area (Å²) in [7, 11) is -4.15. The number of ether oxygens (including phenoxy) is 2. The number of nitrogens with one attached hydrogen (secondary N) is 5. The Labute approximate surface area is 389 Å². The minimum atomic E-state index is -4.15. The zero-order valence-corrected chi connectivity index (χ0v) is 38.1. The molecular weight excluding hydrogens is 897 g/mol. The van der Waals surface area contributed by atoms with E-state index in [4.69, 9.17) is 15.2 Å². The Hall–Kier alpha value is -7.88. The first kappa shape index (κ1) is 48.1. The Balaban J connectivity index is 0.839. The van der Waals surface area contributed by atoms with Gasteiger partial charge in [0.1, 0.15) is 11.8 Å². The highest BCUT2D eigenvalue weighted by atomic mass is 32.2. The van der Waals surface area contributed by atoms with Crippen LogP contribution >= 0.6 is 0 Å². The Kier molecular flexibility index (Phi) is 15.0. The van der Waals surface area contributed by atoms with Gasteiger partial charge in [0.25, 0.3) is 27.5 Å². The number of nitrogen functional groups attached to an aromatic ring is 1. The Bertz CT molecular complexity index is 3160. The second-order valence-corrected chi connectivity index (χ2v) is 17.4. The van der Waals surface area contributed by atoms with Crippen LogP contribution in [0.2, 0.25) is 0 Å². The largest absolute Gasteiger partial charge is 0.422 e. The molecule has 8 N–H and O–H groups in total. The zero-order chi connectivity index (χ0) is 48.5. The molecule has 0 aliphatic rings. The Morgan fingerprint density at radius 1 is 0.853 bits per heavy atom. The lowest BCUT2D eigenvalue weighted by atomic mass is 10.0. The molecule has 0 aliphatic heterocycles. The number of nitrogens with zero attached hydrogens (tertiary/aromatic N) is 4. The van der Waals surface area contributed by atoms with E-state index in [-0.39, 0.29) is 68.8 Å².